The fourth-order valence-corrected chi connectivity index (χ4v) is 2.43. The summed E-state index contributed by atoms with van der Waals surface area (Å²) in [5, 5.41) is 3.86. The summed E-state index contributed by atoms with van der Waals surface area (Å²) in [6, 6.07) is 10.2. The van der Waals surface area contributed by atoms with Crippen molar-refractivity contribution >= 4 is 5.97 Å². The number of fused-ring (bicyclic) bond motifs is 1. The molecule has 7 heteroatoms. The number of esters is 1. The second-order valence-corrected chi connectivity index (χ2v) is 5.45. The van der Waals surface area contributed by atoms with Crippen molar-refractivity contribution in [3.8, 4) is 23.0 Å². The van der Waals surface area contributed by atoms with Gasteiger partial charge in [-0.25, -0.2) is 4.79 Å². The molecule has 0 atom stereocenters. The van der Waals surface area contributed by atoms with Crippen molar-refractivity contribution in [1.29, 1.82) is 0 Å². The van der Waals surface area contributed by atoms with Crippen LogP contribution in [0.4, 0.5) is 0 Å². The predicted molar refractivity (Wildman–Crippen MR) is 85.4 cm³/mol. The molecule has 4 rings (SSSR count). The van der Waals surface area contributed by atoms with Crippen LogP contribution < -0.4 is 9.47 Å². The summed E-state index contributed by atoms with van der Waals surface area (Å²) in [5.74, 6) is 1.75. The third kappa shape index (κ3) is 3.35. The van der Waals surface area contributed by atoms with E-state index in [0.29, 0.717) is 47.5 Å². The maximum absolute atomic E-state index is 12.2. The monoisotopic (exact) mass is 341 g/mol. The average molecular weight is 341 g/mol. The van der Waals surface area contributed by atoms with Gasteiger partial charge in [-0.3, -0.25) is 0 Å². The Hall–Kier alpha value is -3.22. The van der Waals surface area contributed by atoms with Crippen LogP contribution in [0.25, 0.3) is 11.5 Å². The smallest absolute Gasteiger partial charge is 0.338 e. The summed E-state index contributed by atoms with van der Waals surface area (Å²) in [7, 11) is 0. The first kappa shape index (κ1) is 15.3. The molecule has 1 aliphatic rings. The van der Waals surface area contributed by atoms with Crippen LogP contribution in [-0.4, -0.2) is 24.3 Å². The lowest BCUT2D eigenvalue weighted by Gasteiger charge is -2.08. The van der Waals surface area contributed by atoms with Gasteiger partial charge in [0.2, 0.25) is 5.76 Å². The number of hydrogen-bond donors (Lipinski definition) is 0. The molecule has 128 valence electrons. The van der Waals surface area contributed by atoms with Gasteiger partial charge in [0.1, 0.15) is 12.3 Å². The van der Waals surface area contributed by atoms with Gasteiger partial charge in [0.25, 0.3) is 0 Å². The largest absolute Gasteiger partial charge is 0.490 e. The highest BCUT2D eigenvalue weighted by atomic mass is 16.5. The van der Waals surface area contributed by atoms with Crippen molar-refractivity contribution in [3.05, 3.63) is 53.9 Å². The van der Waals surface area contributed by atoms with Gasteiger partial charge in [-0.2, -0.15) is 0 Å². The normalized spacial score (nSPS) is 13.3. The molecule has 3 aromatic rings. The Morgan fingerprint density at radius 3 is 2.80 bits per heavy atom. The molecule has 2 aromatic heterocycles. The van der Waals surface area contributed by atoms with Crippen molar-refractivity contribution in [2.75, 3.05) is 13.2 Å². The van der Waals surface area contributed by atoms with E-state index < -0.39 is 5.97 Å². The van der Waals surface area contributed by atoms with Crippen LogP contribution in [0.3, 0.4) is 0 Å². The van der Waals surface area contributed by atoms with Crippen molar-refractivity contribution in [3.63, 3.8) is 0 Å². The van der Waals surface area contributed by atoms with Crippen LogP contribution >= 0.6 is 0 Å². The van der Waals surface area contributed by atoms with Gasteiger partial charge in [-0.1, -0.05) is 5.16 Å². The van der Waals surface area contributed by atoms with Crippen LogP contribution in [0.2, 0.25) is 0 Å². The van der Waals surface area contributed by atoms with Crippen LogP contribution in [0, 0.1) is 0 Å². The van der Waals surface area contributed by atoms with E-state index >= 15 is 0 Å². The molecular weight excluding hydrogens is 326 g/mol. The Labute approximate surface area is 143 Å². The Bertz CT molecular complexity index is 868. The molecule has 0 N–H and O–H groups in total. The topological polar surface area (TPSA) is 83.9 Å². The molecule has 0 aliphatic carbocycles. The fraction of sp³-hybridized carbons (Fsp3) is 0.222. The highest BCUT2D eigenvalue weighted by Crippen LogP contribution is 2.30. The van der Waals surface area contributed by atoms with Crippen LogP contribution in [0.1, 0.15) is 22.5 Å². The van der Waals surface area contributed by atoms with Gasteiger partial charge in [-0.05, 0) is 30.3 Å². The standard InChI is InChI=1S/C18H15NO6/c20-18(12-4-5-15-16(9-12)23-8-2-7-22-15)24-11-13-10-17(25-19-13)14-3-1-6-21-14/h1,3-6,9-10H,2,7-8,11H2. The molecule has 0 bridgehead atoms. The fourth-order valence-electron chi connectivity index (χ4n) is 2.43. The Balaban J connectivity index is 1.41. The van der Waals surface area contributed by atoms with E-state index in [1.807, 2.05) is 0 Å². The SMILES string of the molecule is O=C(OCc1cc(-c2ccco2)on1)c1ccc2c(c1)OCCCO2. The first-order valence-corrected chi connectivity index (χ1v) is 7.86. The molecule has 0 saturated heterocycles. The lowest BCUT2D eigenvalue weighted by atomic mass is 10.2. The lowest BCUT2D eigenvalue weighted by molar-refractivity contribution is 0.0464. The maximum atomic E-state index is 12.2. The number of rotatable bonds is 4. The summed E-state index contributed by atoms with van der Waals surface area (Å²) in [4.78, 5) is 12.2. The van der Waals surface area contributed by atoms with Gasteiger partial charge in [0, 0.05) is 12.5 Å². The van der Waals surface area contributed by atoms with E-state index in [4.69, 9.17) is 23.2 Å². The van der Waals surface area contributed by atoms with Crippen molar-refractivity contribution in [2.45, 2.75) is 13.0 Å². The maximum Gasteiger partial charge on any atom is 0.338 e. The minimum absolute atomic E-state index is 0.00250. The highest BCUT2D eigenvalue weighted by molar-refractivity contribution is 5.90. The second kappa shape index (κ2) is 6.72. The Morgan fingerprint density at radius 2 is 1.96 bits per heavy atom. The summed E-state index contributed by atoms with van der Waals surface area (Å²) in [6.45, 7) is 1.15. The second-order valence-electron chi connectivity index (χ2n) is 5.45. The summed E-state index contributed by atoms with van der Waals surface area (Å²) < 4.78 is 26.8. The van der Waals surface area contributed by atoms with Crippen LogP contribution in [-0.2, 0) is 11.3 Å². The van der Waals surface area contributed by atoms with E-state index in [0.717, 1.165) is 6.42 Å². The minimum atomic E-state index is -0.474. The summed E-state index contributed by atoms with van der Waals surface area (Å²) in [5.41, 5.74) is 0.882. The number of nitrogens with zero attached hydrogens (tertiary/aromatic N) is 1. The molecule has 25 heavy (non-hydrogen) atoms. The van der Waals surface area contributed by atoms with Gasteiger partial charge in [0.15, 0.2) is 17.3 Å². The van der Waals surface area contributed by atoms with Gasteiger partial charge in [-0.15, -0.1) is 0 Å². The zero-order valence-corrected chi connectivity index (χ0v) is 13.3. The molecule has 0 radical (unpaired) electrons. The molecule has 7 nitrogen and oxygen atoms in total. The highest BCUT2D eigenvalue weighted by Gasteiger charge is 2.16. The quantitative estimate of drug-likeness (QED) is 0.672. The number of carbonyl (C=O) groups excluding carboxylic acids is 1. The number of benzene rings is 1. The van der Waals surface area contributed by atoms with Crippen molar-refractivity contribution in [2.24, 2.45) is 0 Å². The van der Waals surface area contributed by atoms with Gasteiger partial charge < -0.3 is 23.2 Å². The van der Waals surface area contributed by atoms with Gasteiger partial charge in [0.05, 0.1) is 25.0 Å². The molecule has 0 fully saturated rings. The van der Waals surface area contributed by atoms with Gasteiger partial charge >= 0.3 is 5.97 Å². The molecule has 3 heterocycles. The number of furan rings is 1. The van der Waals surface area contributed by atoms with E-state index in [2.05, 4.69) is 5.16 Å². The zero-order valence-electron chi connectivity index (χ0n) is 13.3. The number of aromatic nitrogens is 1. The summed E-state index contributed by atoms with van der Waals surface area (Å²) >= 11 is 0. The minimum Gasteiger partial charge on any atom is -0.490 e. The zero-order chi connectivity index (χ0) is 17.1. The molecule has 1 aromatic carbocycles. The first-order chi connectivity index (χ1) is 12.3. The van der Waals surface area contributed by atoms with E-state index in [1.165, 1.54) is 0 Å². The predicted octanol–water partition coefficient (Wildman–Crippen LogP) is 3.45. The first-order valence-electron chi connectivity index (χ1n) is 7.86. The summed E-state index contributed by atoms with van der Waals surface area (Å²) in [6.07, 6.45) is 2.35. The third-order valence-electron chi connectivity index (χ3n) is 3.66. The van der Waals surface area contributed by atoms with Crippen molar-refractivity contribution < 1.29 is 27.9 Å². The molecule has 0 saturated carbocycles. The molecular formula is C18H15NO6. The molecule has 0 unspecified atom stereocenters. The number of ether oxygens (including phenoxy) is 3. The van der Waals surface area contributed by atoms with Crippen LogP contribution in [0.5, 0.6) is 11.5 Å². The number of hydrogen-bond acceptors (Lipinski definition) is 7. The molecule has 1 aliphatic heterocycles. The Kier molecular flexibility index (Phi) is 4.12. The van der Waals surface area contributed by atoms with E-state index in [-0.39, 0.29) is 6.61 Å². The average Bonchev–Trinajstić information content (AvgIpc) is 3.26. The van der Waals surface area contributed by atoms with Crippen LogP contribution in [0.15, 0.2) is 51.6 Å². The Morgan fingerprint density at radius 1 is 1.08 bits per heavy atom. The van der Waals surface area contributed by atoms with Crippen molar-refractivity contribution in [1.82, 2.24) is 5.16 Å². The third-order valence-corrected chi connectivity index (χ3v) is 3.66. The number of carbonyl (C=O) groups is 1. The van der Waals surface area contributed by atoms with E-state index in [9.17, 15) is 4.79 Å². The molecule has 0 amide bonds. The molecule has 0 spiro atoms. The lowest BCUT2D eigenvalue weighted by Crippen LogP contribution is -2.06. The van der Waals surface area contributed by atoms with E-state index in [1.54, 1.807) is 42.7 Å².